The molecule has 36 heavy (non-hydrogen) atoms. The fourth-order valence-electron chi connectivity index (χ4n) is 4.38. The molecule has 1 fully saturated rings. The van der Waals surface area contributed by atoms with E-state index in [9.17, 15) is 14.7 Å². The predicted octanol–water partition coefficient (Wildman–Crippen LogP) is 4.72. The molecule has 0 unspecified atom stereocenters. The first kappa shape index (κ1) is 25.5. The highest BCUT2D eigenvalue weighted by Crippen LogP contribution is 2.35. The number of pyridine rings is 1. The van der Waals surface area contributed by atoms with Gasteiger partial charge in [0.2, 0.25) is 0 Å². The van der Waals surface area contributed by atoms with Crippen LogP contribution < -0.4 is 11.1 Å². The van der Waals surface area contributed by atoms with E-state index in [-0.39, 0.29) is 35.3 Å². The monoisotopic (exact) mass is 510 g/mol. The van der Waals surface area contributed by atoms with Crippen LogP contribution in [0.5, 0.6) is 0 Å². The van der Waals surface area contributed by atoms with Crippen LogP contribution in [0.15, 0.2) is 42.7 Å². The molecule has 0 aliphatic carbocycles. The summed E-state index contributed by atoms with van der Waals surface area (Å²) in [5, 5.41) is 17.6. The molecule has 2 amide bonds. The number of nitrogen functional groups attached to an aromatic ring is 1. The van der Waals surface area contributed by atoms with Crippen LogP contribution in [0.25, 0.3) is 11.1 Å². The van der Waals surface area contributed by atoms with Gasteiger partial charge in [-0.25, -0.2) is 9.78 Å². The third-order valence-electron chi connectivity index (χ3n) is 6.42. The van der Waals surface area contributed by atoms with Gasteiger partial charge in [0.15, 0.2) is 0 Å². The summed E-state index contributed by atoms with van der Waals surface area (Å²) in [6.07, 6.45) is 4.11. The molecule has 1 aliphatic heterocycles. The molecule has 0 atom stereocenters. The summed E-state index contributed by atoms with van der Waals surface area (Å²) in [5.74, 6) is -0.200. The van der Waals surface area contributed by atoms with Crippen LogP contribution in [-0.4, -0.2) is 49.9 Å². The molecule has 10 heteroatoms. The number of benzene rings is 1. The van der Waals surface area contributed by atoms with Crippen LogP contribution in [0.3, 0.4) is 0 Å². The van der Waals surface area contributed by atoms with Crippen LogP contribution in [-0.2, 0) is 12.0 Å². The van der Waals surface area contributed by atoms with Crippen molar-refractivity contribution >= 4 is 29.4 Å². The second-order valence-electron chi connectivity index (χ2n) is 10.1. The summed E-state index contributed by atoms with van der Waals surface area (Å²) in [6.45, 7) is 7.45. The molecular weight excluding hydrogens is 480 g/mol. The van der Waals surface area contributed by atoms with E-state index in [4.69, 9.17) is 22.4 Å². The van der Waals surface area contributed by atoms with Gasteiger partial charge < -0.3 is 21.1 Å². The van der Waals surface area contributed by atoms with Crippen molar-refractivity contribution in [3.05, 3.63) is 64.6 Å². The second kappa shape index (κ2) is 10.2. The van der Waals surface area contributed by atoms with E-state index in [0.29, 0.717) is 31.0 Å². The molecular formula is C26H31ClN6O3. The normalized spacial score (nSPS) is 14.6. The van der Waals surface area contributed by atoms with Gasteiger partial charge in [0.1, 0.15) is 5.82 Å². The maximum atomic E-state index is 13.0. The van der Waals surface area contributed by atoms with Gasteiger partial charge >= 0.3 is 6.09 Å². The Balaban J connectivity index is 1.61. The molecule has 3 aromatic rings. The summed E-state index contributed by atoms with van der Waals surface area (Å²) < 4.78 is 1.93. The summed E-state index contributed by atoms with van der Waals surface area (Å²) in [6, 6.07) is 9.16. The van der Waals surface area contributed by atoms with Gasteiger partial charge in [-0.15, -0.1) is 0 Å². The van der Waals surface area contributed by atoms with E-state index < -0.39 is 6.09 Å². The smallest absolute Gasteiger partial charge is 0.407 e. The largest absolute Gasteiger partial charge is 0.465 e. The molecule has 2 aromatic heterocycles. The molecule has 1 saturated heterocycles. The number of nitrogens with zero attached hydrogens (tertiary/aromatic N) is 4. The first-order valence-electron chi connectivity index (χ1n) is 11.9. The zero-order valence-corrected chi connectivity index (χ0v) is 21.4. The van der Waals surface area contributed by atoms with Gasteiger partial charge in [-0.2, -0.15) is 5.10 Å². The van der Waals surface area contributed by atoms with Crippen molar-refractivity contribution in [3.8, 4) is 11.1 Å². The molecule has 0 radical (unpaired) electrons. The van der Waals surface area contributed by atoms with Crippen LogP contribution in [0, 0.1) is 0 Å². The molecule has 1 aromatic carbocycles. The Bertz CT molecular complexity index is 1270. The number of amides is 2. The van der Waals surface area contributed by atoms with Gasteiger partial charge in [-0.1, -0.05) is 50.6 Å². The number of aromatic nitrogens is 3. The number of carbonyl (C=O) groups is 2. The number of piperidine rings is 1. The predicted molar refractivity (Wildman–Crippen MR) is 139 cm³/mol. The second-order valence-corrected chi connectivity index (χ2v) is 10.5. The van der Waals surface area contributed by atoms with Crippen molar-refractivity contribution in [2.24, 2.45) is 0 Å². The lowest BCUT2D eigenvalue weighted by molar-refractivity contribution is 0.0951. The van der Waals surface area contributed by atoms with Crippen molar-refractivity contribution in [2.45, 2.75) is 51.6 Å². The minimum atomic E-state index is -0.890. The Morgan fingerprint density at radius 2 is 1.92 bits per heavy atom. The van der Waals surface area contributed by atoms with Crippen molar-refractivity contribution in [1.82, 2.24) is 25.0 Å². The summed E-state index contributed by atoms with van der Waals surface area (Å²) >= 11 is 6.21. The Morgan fingerprint density at radius 3 is 2.56 bits per heavy atom. The molecule has 3 heterocycles. The van der Waals surface area contributed by atoms with Crippen molar-refractivity contribution in [2.75, 3.05) is 18.8 Å². The molecule has 4 N–H and O–H groups in total. The lowest BCUT2D eigenvalue weighted by Crippen LogP contribution is -2.38. The minimum absolute atomic E-state index is 0.0931. The third-order valence-corrected chi connectivity index (χ3v) is 6.79. The number of halogens is 1. The number of hydrogen-bond donors (Lipinski definition) is 3. The fraction of sp³-hybridized carbons (Fsp3) is 0.385. The lowest BCUT2D eigenvalue weighted by Gasteiger charge is -2.30. The van der Waals surface area contributed by atoms with Crippen LogP contribution in [0.1, 0.15) is 61.3 Å². The fourth-order valence-corrected chi connectivity index (χ4v) is 4.59. The summed E-state index contributed by atoms with van der Waals surface area (Å²) in [7, 11) is 0. The lowest BCUT2D eigenvalue weighted by atomic mass is 9.87. The zero-order chi connectivity index (χ0) is 26.0. The molecule has 0 spiro atoms. The highest BCUT2D eigenvalue weighted by molar-refractivity contribution is 6.31. The molecule has 0 saturated carbocycles. The first-order chi connectivity index (χ1) is 17.0. The minimum Gasteiger partial charge on any atom is -0.465 e. The quantitative estimate of drug-likeness (QED) is 0.455. The highest BCUT2D eigenvalue weighted by Gasteiger charge is 2.29. The highest BCUT2D eigenvalue weighted by atomic mass is 35.5. The third kappa shape index (κ3) is 5.46. The zero-order valence-electron chi connectivity index (χ0n) is 20.7. The average molecular weight is 511 g/mol. The standard InChI is InChI=1S/C26H31ClN6O3/c1-26(2,3)22-20(15-33(31-22)18-8-10-32(11-9-18)25(35)36)17-12-19(23(28)29-14-17)24(34)30-13-16-6-4-5-7-21(16)27/h4-7,12,14-15,18H,8-11,13H2,1-3H3,(H2,28,29)(H,30,34)(H,35,36). The van der Waals surface area contributed by atoms with Gasteiger partial charge in [0, 0.05) is 53.6 Å². The molecule has 190 valence electrons. The van der Waals surface area contributed by atoms with E-state index >= 15 is 0 Å². The number of nitrogens with one attached hydrogen (secondary N) is 1. The van der Waals surface area contributed by atoms with E-state index in [1.807, 2.05) is 29.1 Å². The Hall–Kier alpha value is -3.59. The maximum absolute atomic E-state index is 13.0. The van der Waals surface area contributed by atoms with E-state index in [1.54, 1.807) is 18.3 Å². The number of anilines is 1. The van der Waals surface area contributed by atoms with Gasteiger partial charge in [-0.05, 0) is 30.5 Å². The SMILES string of the molecule is CC(C)(C)c1nn(C2CCN(C(=O)O)CC2)cc1-c1cnc(N)c(C(=O)NCc2ccccc2Cl)c1. The molecule has 4 rings (SSSR count). The van der Waals surface area contributed by atoms with Crippen molar-refractivity contribution < 1.29 is 14.7 Å². The van der Waals surface area contributed by atoms with E-state index in [1.165, 1.54) is 4.90 Å². The number of carbonyl (C=O) groups excluding carboxylic acids is 1. The van der Waals surface area contributed by atoms with Gasteiger partial charge in [0.05, 0.1) is 17.3 Å². The number of likely N-dealkylation sites (tertiary alicyclic amines) is 1. The van der Waals surface area contributed by atoms with Crippen LogP contribution >= 0.6 is 11.6 Å². The Labute approximate surface area is 215 Å². The average Bonchev–Trinajstić information content (AvgIpc) is 3.30. The summed E-state index contributed by atoms with van der Waals surface area (Å²) in [5.41, 5.74) is 9.38. The van der Waals surface area contributed by atoms with Crippen LogP contribution in [0.4, 0.5) is 10.6 Å². The Kier molecular flexibility index (Phi) is 7.21. The number of hydrogen-bond acceptors (Lipinski definition) is 5. The number of nitrogens with two attached hydrogens (primary N) is 1. The van der Waals surface area contributed by atoms with Crippen molar-refractivity contribution in [1.29, 1.82) is 0 Å². The number of carboxylic acid groups (broad SMARTS) is 1. The summed E-state index contributed by atoms with van der Waals surface area (Å²) in [4.78, 5) is 30.0. The number of rotatable bonds is 5. The van der Waals surface area contributed by atoms with Crippen molar-refractivity contribution in [3.63, 3.8) is 0 Å². The Morgan fingerprint density at radius 1 is 1.22 bits per heavy atom. The topological polar surface area (TPSA) is 126 Å². The molecule has 1 aliphatic rings. The maximum Gasteiger partial charge on any atom is 0.407 e. The molecule has 0 bridgehead atoms. The van der Waals surface area contributed by atoms with Crippen LogP contribution in [0.2, 0.25) is 5.02 Å². The first-order valence-corrected chi connectivity index (χ1v) is 12.3. The van der Waals surface area contributed by atoms with E-state index in [2.05, 4.69) is 31.1 Å². The van der Waals surface area contributed by atoms with Gasteiger partial charge in [-0.3, -0.25) is 9.48 Å². The van der Waals surface area contributed by atoms with Gasteiger partial charge in [0.25, 0.3) is 5.91 Å². The van der Waals surface area contributed by atoms with E-state index in [0.717, 1.165) is 22.4 Å². The molecule has 9 nitrogen and oxygen atoms in total.